The van der Waals surface area contributed by atoms with E-state index in [-0.39, 0.29) is 135 Å². The highest BCUT2D eigenvalue weighted by molar-refractivity contribution is 14.1. The summed E-state index contributed by atoms with van der Waals surface area (Å²) >= 11 is 2.07. The summed E-state index contributed by atoms with van der Waals surface area (Å²) in [5.74, 6) is -3.98. The average molecular weight is 2170 g/mol. The summed E-state index contributed by atoms with van der Waals surface area (Å²) in [5.41, 5.74) is 13.2. The number of nitrogens with zero attached hydrogens (tertiary/aromatic N) is 19. The van der Waals surface area contributed by atoms with Gasteiger partial charge in [-0.2, -0.15) is 15.3 Å². The van der Waals surface area contributed by atoms with E-state index in [1.165, 1.54) is 171 Å². The minimum absolute atomic E-state index is 0. The van der Waals surface area contributed by atoms with Crippen molar-refractivity contribution in [3.8, 4) is 67.5 Å². The number of amides is 6. The number of pyridine rings is 4. The van der Waals surface area contributed by atoms with Crippen LogP contribution in [0.5, 0.6) is 23.0 Å². The number of nitrogens with two attached hydrogens (primary N) is 1. The number of anilines is 2. The Kier molecular flexibility index (Phi) is 42.3. The van der Waals surface area contributed by atoms with Crippen LogP contribution in [0.1, 0.15) is 90.6 Å². The monoisotopic (exact) mass is 2170 g/mol. The van der Waals surface area contributed by atoms with Gasteiger partial charge in [0, 0.05) is 45.9 Å². The van der Waals surface area contributed by atoms with E-state index >= 15 is 0 Å². The molecule has 6 amide bonds. The van der Waals surface area contributed by atoms with Gasteiger partial charge in [0.25, 0.3) is 17.7 Å². The van der Waals surface area contributed by atoms with E-state index in [1.54, 1.807) is 84.9 Å². The topological polar surface area (TPSA) is 508 Å². The summed E-state index contributed by atoms with van der Waals surface area (Å²) in [6.45, 7) is -0.0943. The molecule has 0 saturated carbocycles. The van der Waals surface area contributed by atoms with Crippen molar-refractivity contribution in [1.29, 1.82) is 0 Å². The highest BCUT2D eigenvalue weighted by Crippen LogP contribution is 2.34. The van der Waals surface area contributed by atoms with Crippen LogP contribution in [0.25, 0.3) is 44.5 Å². The van der Waals surface area contributed by atoms with E-state index in [0.29, 0.717) is 91.5 Å². The summed E-state index contributed by atoms with van der Waals surface area (Å²) in [6, 6.07) is 44.9. The Labute approximate surface area is 838 Å². The highest BCUT2D eigenvalue weighted by Gasteiger charge is 2.35. The second kappa shape index (κ2) is 54.7. The van der Waals surface area contributed by atoms with E-state index in [0.717, 1.165) is 9.39 Å². The molecular formula is C93H88F15IN26O12. The smallest absolute Gasteiger partial charge is 0.469 e. The molecule has 14 rings (SSSR count). The Morgan fingerprint density at radius 1 is 0.354 bits per heavy atom. The zero-order chi connectivity index (χ0) is 106. The quantitative estimate of drug-likeness (QED) is 0.0109. The van der Waals surface area contributed by atoms with Crippen LogP contribution in [0.4, 0.5) is 77.5 Å². The second-order valence-electron chi connectivity index (χ2n) is 30.6. The number of esters is 1. The summed E-state index contributed by atoms with van der Waals surface area (Å²) in [6.07, 6.45) is -11.4. The number of hydrogen-bond donors (Lipinski definition) is 7. The van der Waals surface area contributed by atoms with Gasteiger partial charge < -0.3 is 62.2 Å². The largest absolute Gasteiger partial charge is 0.573 e. The zero-order valence-electron chi connectivity index (χ0n) is 77.5. The van der Waals surface area contributed by atoms with Crippen molar-refractivity contribution in [1.82, 2.24) is 118 Å². The van der Waals surface area contributed by atoms with Crippen LogP contribution < -0.4 is 57.4 Å². The van der Waals surface area contributed by atoms with Gasteiger partial charge in [-0.05, 0) is 239 Å². The third-order valence-electron chi connectivity index (χ3n) is 19.4. The molecule has 147 heavy (non-hydrogen) atoms. The highest BCUT2D eigenvalue weighted by atomic mass is 127. The van der Waals surface area contributed by atoms with Gasteiger partial charge in [-0.15, -0.1) is 83.3 Å². The minimum atomic E-state index is -4.81. The third-order valence-corrected chi connectivity index (χ3v) is 20.0. The Morgan fingerprint density at radius 2 is 0.633 bits per heavy atom. The van der Waals surface area contributed by atoms with Crippen LogP contribution in [0.2, 0.25) is 0 Å². The second-order valence-corrected chi connectivity index (χ2v) is 31.7. The van der Waals surface area contributed by atoms with Crippen LogP contribution in [0.15, 0.2) is 225 Å². The summed E-state index contributed by atoms with van der Waals surface area (Å²) < 4.78 is 216. The SMILES string of the molecule is CNC(=O)c1cn(C[C@H](F)CCc2ccc(I)nn2)nn1.CNC(=O)c1cn(C[C@H](F)CCc2ccc(NC(=O)Cc3cc(-c4cccc(OC(F)(F)F)c4)ccn3)nn2)nn1.CNC(=O)c1cn(C[C@H](F)CCc2ccc(NC(=O)Cc3cc(-c4cccc(OC(F)(F)F)c4)ccn3)nn2)nn1.COC(=O)Cc1cc(-c2cccc(OC(F)(F)F)c2)ccn1.N.NC(=O)Cc1cc(-c2cccc(OC(F)(F)F)c2)ccn1. The predicted molar refractivity (Wildman–Crippen MR) is 502 cm³/mol. The average Bonchev–Trinajstić information content (AvgIpc) is 1.62. The van der Waals surface area contributed by atoms with Gasteiger partial charge in [0.15, 0.2) is 28.7 Å². The van der Waals surface area contributed by atoms with Gasteiger partial charge in [0.1, 0.15) is 45.2 Å². The Bertz CT molecular complexity index is 6470. The molecule has 54 heteroatoms. The number of primary amides is 1. The lowest BCUT2D eigenvalue weighted by Gasteiger charge is -2.11. The first-order valence-electron chi connectivity index (χ1n) is 43.1. The number of aromatic nitrogens is 19. The molecule has 14 aromatic rings. The number of benzene rings is 4. The maximum atomic E-state index is 14.4. The van der Waals surface area contributed by atoms with E-state index in [1.807, 2.05) is 12.1 Å². The first-order valence-corrected chi connectivity index (χ1v) is 44.1. The summed E-state index contributed by atoms with van der Waals surface area (Å²) in [7, 11) is 5.69. The van der Waals surface area contributed by atoms with Crippen molar-refractivity contribution >= 4 is 75.6 Å². The van der Waals surface area contributed by atoms with Crippen LogP contribution in [-0.4, -0.2) is 209 Å². The van der Waals surface area contributed by atoms with Gasteiger partial charge in [-0.3, -0.25) is 53.5 Å². The molecule has 0 unspecified atom stereocenters. The number of rotatable bonds is 36. The fourth-order valence-electron chi connectivity index (χ4n) is 12.9. The van der Waals surface area contributed by atoms with Gasteiger partial charge in [-0.1, -0.05) is 64.2 Å². The van der Waals surface area contributed by atoms with E-state index in [2.05, 4.69) is 154 Å². The molecule has 10 heterocycles. The molecule has 0 spiro atoms. The van der Waals surface area contributed by atoms with Crippen molar-refractivity contribution in [2.45, 2.75) is 128 Å². The fourth-order valence-corrected chi connectivity index (χ4v) is 13.2. The molecule has 0 aliphatic carbocycles. The van der Waals surface area contributed by atoms with Crippen LogP contribution in [0.3, 0.4) is 0 Å². The number of aryl methyl sites for hydroxylation is 3. The number of hydrogen-bond acceptors (Lipinski definition) is 29. The molecule has 0 bridgehead atoms. The lowest BCUT2D eigenvalue weighted by atomic mass is 10.1. The molecule has 0 saturated heterocycles. The van der Waals surface area contributed by atoms with Gasteiger partial charge in [0.05, 0.1) is 111 Å². The number of carbonyl (C=O) groups excluding carboxylic acids is 7. The van der Waals surface area contributed by atoms with Crippen molar-refractivity contribution < 1.29 is 123 Å². The van der Waals surface area contributed by atoms with E-state index in [9.17, 15) is 99.4 Å². The Morgan fingerprint density at radius 3 is 0.891 bits per heavy atom. The van der Waals surface area contributed by atoms with Crippen LogP contribution >= 0.6 is 22.6 Å². The first-order chi connectivity index (χ1) is 69.4. The third kappa shape index (κ3) is 40.5. The Hall–Kier alpha value is -16.7. The molecule has 10 N–H and O–H groups in total. The van der Waals surface area contributed by atoms with Crippen LogP contribution in [0, 0.1) is 3.70 Å². The maximum Gasteiger partial charge on any atom is 0.573 e. The summed E-state index contributed by atoms with van der Waals surface area (Å²) in [4.78, 5) is 97.8. The number of halogens is 16. The lowest BCUT2D eigenvalue weighted by Crippen LogP contribution is -2.18. The minimum Gasteiger partial charge on any atom is -0.469 e. The molecule has 774 valence electrons. The van der Waals surface area contributed by atoms with Crippen molar-refractivity contribution in [3.63, 3.8) is 0 Å². The molecule has 0 radical (unpaired) electrons. The molecule has 3 atom stereocenters. The number of ether oxygens (including phenoxy) is 5. The first kappa shape index (κ1) is 114. The van der Waals surface area contributed by atoms with Gasteiger partial charge >= 0.3 is 31.4 Å². The van der Waals surface area contributed by atoms with Crippen LogP contribution in [-0.2, 0) is 88.5 Å². The zero-order valence-corrected chi connectivity index (χ0v) is 79.7. The van der Waals surface area contributed by atoms with Gasteiger partial charge in [0.2, 0.25) is 17.7 Å². The Balaban J connectivity index is 0.000000211. The lowest BCUT2D eigenvalue weighted by molar-refractivity contribution is -0.275. The summed E-state index contributed by atoms with van der Waals surface area (Å²) in [5, 5.41) is 58.6. The number of carbonyl (C=O) groups is 7. The fraction of sp³-hybridized carbons (Fsp3) is 0.258. The number of alkyl halides is 15. The van der Waals surface area contributed by atoms with E-state index < -0.39 is 79.5 Å². The normalized spacial score (nSPS) is 11.7. The number of nitrogens with one attached hydrogen (secondary N) is 5. The predicted octanol–water partition coefficient (Wildman–Crippen LogP) is 14.3. The standard InChI is InChI=1S/2C26H24F4N8O3.C15H12F3NO3.C14H11F3N2O2.C12H14FIN6O.H3N/c2*1-31-25(40)22-15-38(37-35-22)14-18(27)5-6-19-7-8-23(36-34-19)33-24(39)13-20-11-17(9-10-32-20)16-3-2-4-21(12-16)41-26(28,29)30;1-21-14(20)9-12-7-11(5-6-19-12)10-3-2-4-13(8-10)22-15(16,17)18;15-14(16,17)21-12-3-1-2-9(7-12)10-4-5-19-11(6-10)8-13(18)20;1-15-12(21)10-7-20(19-17-10)6-8(13)2-3-9-4-5-11(14)18-16-9;/h2*2-4,7-12,15,18H,5-6,13-14H2,1H3,(H,31,40)(H,33,36,39);2-8H,9H2,1H3;1-7H,8H2,(H2,18,20);4-5,7-8H,2-3,6H2,1H3,(H,15,21);1H3/t2*18-;;;8-;/m11..1./s1. The molecule has 10 aromatic heterocycles. The van der Waals surface area contributed by atoms with Crippen molar-refractivity contribution in [3.05, 3.63) is 286 Å². The molecule has 0 fully saturated rings. The van der Waals surface area contributed by atoms with E-state index in [4.69, 9.17) is 5.73 Å². The maximum absolute atomic E-state index is 14.4. The van der Waals surface area contributed by atoms with Crippen molar-refractivity contribution in [2.75, 3.05) is 38.9 Å². The molecule has 0 aliphatic rings. The van der Waals surface area contributed by atoms with Gasteiger partial charge in [-0.25, -0.2) is 27.2 Å². The van der Waals surface area contributed by atoms with Crippen molar-refractivity contribution in [2.24, 2.45) is 5.73 Å². The molecular weight excluding hydrogens is 2090 g/mol. The number of methoxy groups -OCH3 is 1. The molecule has 4 aromatic carbocycles. The molecule has 0 aliphatic heterocycles. The molecule has 38 nitrogen and oxygen atoms in total.